The SMILES string of the molecule is Cc1noc2nc(C3CC3)cc(C(=O)N/N=C/c3ccn(CC(F)(F)F)n3)c12. The first-order chi connectivity index (χ1) is 13.3. The van der Waals surface area contributed by atoms with E-state index in [0.29, 0.717) is 28.3 Å². The fraction of sp³-hybridized carbons (Fsp3) is 0.353. The van der Waals surface area contributed by atoms with Crippen LogP contribution < -0.4 is 5.43 Å². The molecule has 1 aliphatic rings. The van der Waals surface area contributed by atoms with Gasteiger partial charge in [0.2, 0.25) is 0 Å². The zero-order valence-electron chi connectivity index (χ0n) is 14.7. The van der Waals surface area contributed by atoms with E-state index in [-0.39, 0.29) is 5.69 Å². The number of alkyl halides is 3. The van der Waals surface area contributed by atoms with Crippen molar-refractivity contribution in [2.45, 2.75) is 38.4 Å². The molecule has 1 saturated carbocycles. The van der Waals surface area contributed by atoms with Crippen molar-refractivity contribution in [2.24, 2.45) is 5.10 Å². The predicted molar refractivity (Wildman–Crippen MR) is 91.9 cm³/mol. The number of halogens is 3. The molecule has 0 atom stereocenters. The zero-order valence-corrected chi connectivity index (χ0v) is 14.7. The van der Waals surface area contributed by atoms with Crippen molar-refractivity contribution in [1.82, 2.24) is 25.3 Å². The molecule has 1 N–H and O–H groups in total. The van der Waals surface area contributed by atoms with Gasteiger partial charge in [-0.2, -0.15) is 23.4 Å². The van der Waals surface area contributed by atoms with Gasteiger partial charge in [0.25, 0.3) is 11.6 Å². The van der Waals surface area contributed by atoms with E-state index in [2.05, 4.69) is 25.8 Å². The van der Waals surface area contributed by atoms with Crippen LogP contribution in [0.1, 0.15) is 46.2 Å². The summed E-state index contributed by atoms with van der Waals surface area (Å²) in [6, 6.07) is 3.06. The highest BCUT2D eigenvalue weighted by Gasteiger charge is 2.29. The van der Waals surface area contributed by atoms with E-state index in [4.69, 9.17) is 4.52 Å². The van der Waals surface area contributed by atoms with E-state index in [1.165, 1.54) is 18.5 Å². The van der Waals surface area contributed by atoms with Gasteiger partial charge in [0, 0.05) is 17.8 Å². The van der Waals surface area contributed by atoms with E-state index < -0.39 is 18.6 Å². The molecule has 4 rings (SSSR count). The molecule has 3 heterocycles. The number of carbonyl (C=O) groups excluding carboxylic acids is 1. The van der Waals surface area contributed by atoms with Gasteiger partial charge in [-0.1, -0.05) is 5.16 Å². The summed E-state index contributed by atoms with van der Waals surface area (Å²) in [5.74, 6) is -0.186. The minimum absolute atomic E-state index is 0.184. The van der Waals surface area contributed by atoms with Crippen LogP contribution in [0.2, 0.25) is 0 Å². The molecule has 0 unspecified atom stereocenters. The van der Waals surface area contributed by atoms with E-state index in [1.807, 2.05) is 0 Å². The number of nitrogens with one attached hydrogen (secondary N) is 1. The van der Waals surface area contributed by atoms with Crippen LogP contribution in [0, 0.1) is 6.92 Å². The highest BCUT2D eigenvalue weighted by Crippen LogP contribution is 2.40. The first kappa shape index (κ1) is 18.1. The highest BCUT2D eigenvalue weighted by molar-refractivity contribution is 6.06. The molecule has 1 fully saturated rings. The molecule has 0 saturated heterocycles. The Labute approximate surface area is 156 Å². The molecule has 11 heteroatoms. The Kier molecular flexibility index (Phi) is 4.36. The average Bonchev–Trinajstić information content (AvgIpc) is 3.29. The number of rotatable bonds is 5. The normalized spacial score (nSPS) is 14.9. The Morgan fingerprint density at radius 2 is 2.25 bits per heavy atom. The maximum Gasteiger partial charge on any atom is 0.408 e. The lowest BCUT2D eigenvalue weighted by Crippen LogP contribution is -2.19. The lowest BCUT2D eigenvalue weighted by molar-refractivity contribution is -0.142. The molecular formula is C17H15F3N6O2. The molecule has 1 aliphatic carbocycles. The molecule has 8 nitrogen and oxygen atoms in total. The van der Waals surface area contributed by atoms with Gasteiger partial charge in [0.15, 0.2) is 0 Å². The molecule has 0 bridgehead atoms. The van der Waals surface area contributed by atoms with Crippen LogP contribution in [0.5, 0.6) is 0 Å². The van der Waals surface area contributed by atoms with Gasteiger partial charge in [-0.25, -0.2) is 10.4 Å². The lowest BCUT2D eigenvalue weighted by atomic mass is 10.1. The topological polar surface area (TPSA) is 98.2 Å². The summed E-state index contributed by atoms with van der Waals surface area (Å²) < 4.78 is 43.0. The fourth-order valence-electron chi connectivity index (χ4n) is 2.82. The van der Waals surface area contributed by atoms with Gasteiger partial charge in [0.1, 0.15) is 12.2 Å². The number of pyridine rings is 1. The standard InChI is InChI=1S/C17H15F3N6O2/c1-9-14-12(6-13(10-2-3-10)22-16(14)28-25-9)15(27)23-21-7-11-4-5-26(24-11)8-17(18,19)20/h4-7,10H,2-3,8H2,1H3,(H,23,27)/b21-7+. The number of aromatic nitrogens is 4. The lowest BCUT2D eigenvalue weighted by Gasteiger charge is -2.05. The molecule has 0 aromatic carbocycles. The molecule has 1 amide bonds. The Bertz CT molecular complexity index is 1060. The number of amides is 1. The summed E-state index contributed by atoms with van der Waals surface area (Å²) in [7, 11) is 0. The zero-order chi connectivity index (χ0) is 19.9. The van der Waals surface area contributed by atoms with Crippen molar-refractivity contribution < 1.29 is 22.5 Å². The summed E-state index contributed by atoms with van der Waals surface area (Å²) >= 11 is 0. The van der Waals surface area contributed by atoms with Crippen molar-refractivity contribution >= 4 is 23.2 Å². The van der Waals surface area contributed by atoms with Crippen LogP contribution in [-0.2, 0) is 6.54 Å². The third-order valence-electron chi connectivity index (χ3n) is 4.24. The number of hydrogen-bond acceptors (Lipinski definition) is 6. The second-order valence-electron chi connectivity index (χ2n) is 6.57. The highest BCUT2D eigenvalue weighted by atomic mass is 19.4. The number of nitrogens with zero attached hydrogens (tertiary/aromatic N) is 5. The van der Waals surface area contributed by atoms with Crippen LogP contribution in [0.15, 0.2) is 28.0 Å². The second kappa shape index (κ2) is 6.73. The monoisotopic (exact) mass is 392 g/mol. The number of aryl methyl sites for hydroxylation is 1. The first-order valence-corrected chi connectivity index (χ1v) is 8.51. The Morgan fingerprint density at radius 3 is 2.96 bits per heavy atom. The number of carbonyl (C=O) groups is 1. The molecule has 0 aliphatic heterocycles. The van der Waals surface area contributed by atoms with E-state index in [0.717, 1.165) is 23.2 Å². The Morgan fingerprint density at radius 1 is 1.46 bits per heavy atom. The Balaban J connectivity index is 1.51. The van der Waals surface area contributed by atoms with Crippen molar-refractivity contribution in [3.63, 3.8) is 0 Å². The minimum atomic E-state index is -4.36. The van der Waals surface area contributed by atoms with Crippen LogP contribution in [-0.4, -0.2) is 38.2 Å². The summed E-state index contributed by atoms with van der Waals surface area (Å²) in [5, 5.41) is 11.9. The van der Waals surface area contributed by atoms with Gasteiger partial charge < -0.3 is 4.52 Å². The van der Waals surface area contributed by atoms with Gasteiger partial charge >= 0.3 is 6.18 Å². The second-order valence-corrected chi connectivity index (χ2v) is 6.57. The maximum atomic E-state index is 12.6. The van der Waals surface area contributed by atoms with Crippen LogP contribution in [0.4, 0.5) is 13.2 Å². The third kappa shape index (κ3) is 3.87. The van der Waals surface area contributed by atoms with Crippen molar-refractivity contribution in [3.8, 4) is 0 Å². The molecule has 3 aromatic heterocycles. The maximum absolute atomic E-state index is 12.6. The Hall–Kier alpha value is -3.24. The van der Waals surface area contributed by atoms with Gasteiger partial charge in [-0.15, -0.1) is 0 Å². The number of hydrogen-bond donors (Lipinski definition) is 1. The van der Waals surface area contributed by atoms with Crippen LogP contribution >= 0.6 is 0 Å². The molecular weight excluding hydrogens is 377 g/mol. The molecule has 3 aromatic rings. The van der Waals surface area contributed by atoms with Gasteiger partial charge in [-0.3, -0.25) is 9.48 Å². The summed E-state index contributed by atoms with van der Waals surface area (Å²) in [6.07, 6.45) is 0.00485. The number of fused-ring (bicyclic) bond motifs is 1. The molecule has 0 radical (unpaired) electrons. The largest absolute Gasteiger partial charge is 0.408 e. The van der Waals surface area contributed by atoms with E-state index >= 15 is 0 Å². The summed E-state index contributed by atoms with van der Waals surface area (Å²) in [6.45, 7) is 0.510. The van der Waals surface area contributed by atoms with Crippen molar-refractivity contribution in [2.75, 3.05) is 0 Å². The van der Waals surface area contributed by atoms with Crippen molar-refractivity contribution in [3.05, 3.63) is 41.0 Å². The fourth-order valence-corrected chi connectivity index (χ4v) is 2.82. The van der Waals surface area contributed by atoms with Gasteiger partial charge in [-0.05, 0) is 31.9 Å². The predicted octanol–water partition coefficient (Wildman–Crippen LogP) is 2.93. The molecule has 28 heavy (non-hydrogen) atoms. The quantitative estimate of drug-likeness (QED) is 0.532. The average molecular weight is 392 g/mol. The minimum Gasteiger partial charge on any atom is -0.336 e. The smallest absolute Gasteiger partial charge is 0.336 e. The molecule has 146 valence electrons. The van der Waals surface area contributed by atoms with Crippen LogP contribution in [0.25, 0.3) is 11.1 Å². The molecule has 0 spiro atoms. The van der Waals surface area contributed by atoms with Crippen LogP contribution in [0.3, 0.4) is 0 Å². The van der Waals surface area contributed by atoms with E-state index in [1.54, 1.807) is 13.0 Å². The summed E-state index contributed by atoms with van der Waals surface area (Å²) in [5.41, 5.74) is 4.48. The summed E-state index contributed by atoms with van der Waals surface area (Å²) in [4.78, 5) is 17.0. The third-order valence-corrected chi connectivity index (χ3v) is 4.24. The van der Waals surface area contributed by atoms with E-state index in [9.17, 15) is 18.0 Å². The van der Waals surface area contributed by atoms with Crippen molar-refractivity contribution in [1.29, 1.82) is 0 Å². The number of hydrazone groups is 1. The van der Waals surface area contributed by atoms with Gasteiger partial charge in [0.05, 0.1) is 22.9 Å². The first-order valence-electron chi connectivity index (χ1n) is 8.51.